The molecule has 6 nitrogen and oxygen atoms in total. The summed E-state index contributed by atoms with van der Waals surface area (Å²) in [5.41, 5.74) is -23.9. The van der Waals surface area contributed by atoms with Crippen LogP contribution in [0.5, 0.6) is 0 Å². The lowest BCUT2D eigenvalue weighted by Gasteiger charge is -2.39. The predicted molar refractivity (Wildman–Crippen MR) is 96.5 cm³/mol. The van der Waals surface area contributed by atoms with E-state index in [-0.39, 0.29) is 0 Å². The molecular formula is C19H13F17O6. The Bertz CT molecular complexity index is 1160. The first kappa shape index (κ1) is 39.0. The zero-order valence-corrected chi connectivity index (χ0v) is 20.4. The van der Waals surface area contributed by atoms with Crippen LogP contribution in [0.2, 0.25) is 0 Å². The van der Waals surface area contributed by atoms with Gasteiger partial charge in [-0.3, -0.25) is 19.2 Å². The second kappa shape index (κ2) is 10.0. The monoisotopic (exact) mass is 660 g/mol. The number of carbonyl (C=O) groups excluding carboxylic acids is 4. The van der Waals surface area contributed by atoms with E-state index in [0.29, 0.717) is 0 Å². The summed E-state index contributed by atoms with van der Waals surface area (Å²) in [4.78, 5) is 57.1. The molecule has 0 aromatic heterocycles. The van der Waals surface area contributed by atoms with Gasteiger partial charge in [-0.1, -0.05) is 0 Å². The van der Waals surface area contributed by atoms with E-state index in [1.165, 1.54) is 0 Å². The first-order chi connectivity index (χ1) is 17.8. The van der Waals surface area contributed by atoms with E-state index in [9.17, 15) is 98.6 Å². The number of rotatable bonds is 13. The van der Waals surface area contributed by atoms with Gasteiger partial charge in [0.25, 0.3) is 17.2 Å². The molecule has 0 rings (SSSR count). The number of carbonyl (C=O) groups is 5. The molecule has 0 saturated heterocycles. The summed E-state index contributed by atoms with van der Waals surface area (Å²) in [6, 6.07) is 0. The highest BCUT2D eigenvalue weighted by atomic mass is 19.4. The van der Waals surface area contributed by atoms with Gasteiger partial charge in [0.1, 0.15) is 0 Å². The Kier molecular flexibility index (Phi) is 9.29. The lowest BCUT2D eigenvalue weighted by atomic mass is 9.76. The van der Waals surface area contributed by atoms with Crippen LogP contribution in [0.25, 0.3) is 0 Å². The van der Waals surface area contributed by atoms with Crippen LogP contribution in [0.15, 0.2) is 0 Å². The molecule has 0 spiro atoms. The minimum Gasteiger partial charge on any atom is -0.479 e. The van der Waals surface area contributed by atoms with E-state index in [1.807, 2.05) is 0 Å². The molecule has 4 atom stereocenters. The SMILES string of the molecule is CC(F)(C(=O)O)C(=O)C(F)(F)C(C)(F)C(=O)C(F)(F)C(C)(F)C(=O)C(F)(F)C(C)(F)C(=O)C(F)(F)C(F)(F)C(F)(F)F. The topological polar surface area (TPSA) is 106 Å². The Morgan fingerprint density at radius 3 is 0.833 bits per heavy atom. The molecule has 0 aromatic rings. The highest BCUT2D eigenvalue weighted by molar-refractivity contribution is 6.14. The van der Waals surface area contributed by atoms with Crippen LogP contribution in [0.4, 0.5) is 74.6 Å². The van der Waals surface area contributed by atoms with Crippen molar-refractivity contribution in [2.45, 2.75) is 86.2 Å². The second-order valence-corrected chi connectivity index (χ2v) is 9.00. The third kappa shape index (κ3) is 5.19. The highest BCUT2D eigenvalue weighted by Gasteiger charge is 2.83. The van der Waals surface area contributed by atoms with Crippen molar-refractivity contribution in [2.75, 3.05) is 0 Å². The molecule has 0 aliphatic rings. The normalized spacial score (nSPS) is 19.9. The number of alkyl halides is 17. The summed E-state index contributed by atoms with van der Waals surface area (Å²) in [5, 5.41) is 8.41. The molecule has 4 unspecified atom stereocenters. The number of hydrogen-bond donors (Lipinski definition) is 1. The minimum atomic E-state index is -7.71. The summed E-state index contributed by atoms with van der Waals surface area (Å²) >= 11 is 0. The van der Waals surface area contributed by atoms with Crippen molar-refractivity contribution >= 4 is 29.1 Å². The van der Waals surface area contributed by atoms with Gasteiger partial charge < -0.3 is 5.11 Å². The molecule has 1 N–H and O–H groups in total. The van der Waals surface area contributed by atoms with E-state index in [2.05, 4.69) is 0 Å². The zero-order chi connectivity index (χ0) is 34.9. The van der Waals surface area contributed by atoms with Crippen molar-refractivity contribution in [3.05, 3.63) is 0 Å². The number of ketones is 4. The molecule has 0 radical (unpaired) electrons. The molecule has 0 aromatic carbocycles. The molecule has 0 fully saturated rings. The molecule has 0 aliphatic carbocycles. The fraction of sp³-hybridized carbons (Fsp3) is 0.737. The largest absolute Gasteiger partial charge is 0.479 e. The lowest BCUT2D eigenvalue weighted by Crippen LogP contribution is -2.71. The Morgan fingerprint density at radius 1 is 0.405 bits per heavy atom. The number of aliphatic carboxylic acids is 1. The van der Waals surface area contributed by atoms with Gasteiger partial charge in [-0.15, -0.1) is 0 Å². The van der Waals surface area contributed by atoms with Crippen LogP contribution in [-0.4, -0.2) is 92.7 Å². The fourth-order valence-corrected chi connectivity index (χ4v) is 2.66. The first-order valence-electron chi connectivity index (χ1n) is 9.96. The maximum absolute atomic E-state index is 14.7. The smallest absolute Gasteiger partial charge is 0.460 e. The van der Waals surface area contributed by atoms with Crippen molar-refractivity contribution in [1.82, 2.24) is 0 Å². The van der Waals surface area contributed by atoms with Crippen molar-refractivity contribution in [3.63, 3.8) is 0 Å². The molecule has 0 saturated carbocycles. The van der Waals surface area contributed by atoms with Gasteiger partial charge in [-0.25, -0.2) is 22.4 Å². The van der Waals surface area contributed by atoms with Crippen LogP contribution >= 0.6 is 0 Å². The Balaban J connectivity index is 6.93. The summed E-state index contributed by atoms with van der Waals surface area (Å²) in [7, 11) is 0. The molecule has 0 aliphatic heterocycles. The van der Waals surface area contributed by atoms with E-state index >= 15 is 0 Å². The quantitative estimate of drug-likeness (QED) is 0.221. The van der Waals surface area contributed by atoms with Crippen molar-refractivity contribution < 1.29 is 104 Å². The third-order valence-corrected chi connectivity index (χ3v) is 5.77. The Hall–Kier alpha value is -3.04. The van der Waals surface area contributed by atoms with Gasteiger partial charge in [-0.2, -0.15) is 57.1 Å². The standard InChI is InChI=1S/C19H13F17O6/c1-10(20,9(41)42)5(37)14(24,25)11(2,21)6(38)15(26,27)12(3,22)7(39)16(28,29)13(4,23)8(40)17(30,31)18(32,33)19(34,35)36/h1-4H3,(H,41,42). The molecule has 23 heteroatoms. The number of hydrogen-bond acceptors (Lipinski definition) is 5. The summed E-state index contributed by atoms with van der Waals surface area (Å²) in [6.07, 6.45) is -7.51. The van der Waals surface area contributed by atoms with Gasteiger partial charge in [-0.05, 0) is 27.7 Å². The van der Waals surface area contributed by atoms with Crippen molar-refractivity contribution in [3.8, 4) is 0 Å². The van der Waals surface area contributed by atoms with Crippen molar-refractivity contribution in [1.29, 1.82) is 0 Å². The Morgan fingerprint density at radius 2 is 0.619 bits per heavy atom. The van der Waals surface area contributed by atoms with E-state index < -0.39 is 115 Å². The summed E-state index contributed by atoms with van der Waals surface area (Å²) in [6.45, 7) is -4.41. The van der Waals surface area contributed by atoms with Crippen LogP contribution in [0, 0.1) is 0 Å². The Labute approximate surface area is 220 Å². The average molecular weight is 660 g/mol. The number of carboxylic acid groups (broad SMARTS) is 1. The molecule has 42 heavy (non-hydrogen) atoms. The number of halogens is 17. The van der Waals surface area contributed by atoms with Gasteiger partial charge in [0.05, 0.1) is 0 Å². The van der Waals surface area contributed by atoms with E-state index in [1.54, 1.807) is 0 Å². The van der Waals surface area contributed by atoms with E-state index in [0.717, 1.165) is 0 Å². The first-order valence-corrected chi connectivity index (χ1v) is 9.96. The minimum absolute atomic E-state index is 0.551. The third-order valence-electron chi connectivity index (χ3n) is 5.77. The van der Waals surface area contributed by atoms with Crippen molar-refractivity contribution in [2.24, 2.45) is 0 Å². The predicted octanol–water partition coefficient (Wildman–Crippen LogP) is 5.00. The molecule has 244 valence electrons. The van der Waals surface area contributed by atoms with Crippen LogP contribution in [0.1, 0.15) is 27.7 Å². The van der Waals surface area contributed by atoms with Gasteiger partial charge in [0.2, 0.25) is 28.6 Å². The maximum Gasteiger partial charge on any atom is 0.460 e. The molecule has 0 amide bonds. The van der Waals surface area contributed by atoms with Gasteiger partial charge >= 0.3 is 41.8 Å². The van der Waals surface area contributed by atoms with Crippen LogP contribution in [0.3, 0.4) is 0 Å². The van der Waals surface area contributed by atoms with Crippen LogP contribution in [-0.2, 0) is 24.0 Å². The van der Waals surface area contributed by atoms with Gasteiger partial charge in [0, 0.05) is 0 Å². The number of Topliss-reactive ketones (excluding diaryl/α,β-unsaturated/α-hetero) is 4. The molecule has 0 heterocycles. The maximum atomic E-state index is 14.7. The second-order valence-electron chi connectivity index (χ2n) is 9.00. The van der Waals surface area contributed by atoms with Gasteiger partial charge in [0.15, 0.2) is 0 Å². The zero-order valence-electron chi connectivity index (χ0n) is 20.4. The highest BCUT2D eigenvalue weighted by Crippen LogP contribution is 2.53. The molecular weight excluding hydrogens is 647 g/mol. The molecule has 0 bridgehead atoms. The summed E-state index contributed by atoms with van der Waals surface area (Å²) < 4.78 is 233. The fourth-order valence-electron chi connectivity index (χ4n) is 2.66. The number of carboxylic acids is 1. The lowest BCUT2D eigenvalue weighted by molar-refractivity contribution is -0.346. The van der Waals surface area contributed by atoms with Crippen LogP contribution < -0.4 is 0 Å². The summed E-state index contributed by atoms with van der Waals surface area (Å²) in [5.74, 6) is -57.3. The van der Waals surface area contributed by atoms with E-state index in [4.69, 9.17) is 5.11 Å². The average Bonchev–Trinajstić information content (AvgIpc) is 2.80.